The summed E-state index contributed by atoms with van der Waals surface area (Å²) in [6.07, 6.45) is 8.99. The SMILES string of the molecule is CCOCCOc1cc(OC)c(Nc2ncnc3[nH]cc(CCCC(C)CCCNC)c23)cc1OCC(=O)O. The Balaban J connectivity index is 1.82. The molecule has 0 aliphatic rings. The first-order valence-corrected chi connectivity index (χ1v) is 13.5. The lowest BCUT2D eigenvalue weighted by molar-refractivity contribution is -0.139. The van der Waals surface area contributed by atoms with Crippen molar-refractivity contribution in [1.29, 1.82) is 0 Å². The van der Waals surface area contributed by atoms with E-state index in [4.69, 9.17) is 24.1 Å². The van der Waals surface area contributed by atoms with E-state index in [0.717, 1.165) is 42.4 Å². The maximum absolute atomic E-state index is 11.2. The second kappa shape index (κ2) is 15.7. The number of fused-ring (bicyclic) bond motifs is 1. The second-order valence-electron chi connectivity index (χ2n) is 9.36. The quantitative estimate of drug-likeness (QED) is 0.159. The van der Waals surface area contributed by atoms with Crippen LogP contribution in [-0.4, -0.2) is 73.2 Å². The largest absolute Gasteiger partial charge is 0.494 e. The highest BCUT2D eigenvalue weighted by Crippen LogP contribution is 2.40. The Morgan fingerprint density at radius 3 is 2.64 bits per heavy atom. The fourth-order valence-electron chi connectivity index (χ4n) is 4.39. The third-order valence-corrected chi connectivity index (χ3v) is 6.38. The van der Waals surface area contributed by atoms with Gasteiger partial charge in [0, 0.05) is 24.9 Å². The van der Waals surface area contributed by atoms with E-state index in [1.165, 1.54) is 19.2 Å². The number of aromatic amines is 1. The van der Waals surface area contributed by atoms with E-state index in [9.17, 15) is 4.79 Å². The number of ether oxygens (including phenoxy) is 4. The van der Waals surface area contributed by atoms with Crippen LogP contribution < -0.4 is 24.8 Å². The molecular formula is C28H41N5O6. The lowest BCUT2D eigenvalue weighted by Gasteiger charge is -2.17. The highest BCUT2D eigenvalue weighted by atomic mass is 16.5. The number of hydrogen-bond acceptors (Lipinski definition) is 9. The van der Waals surface area contributed by atoms with Crippen LogP contribution in [0.5, 0.6) is 17.2 Å². The number of carbonyl (C=O) groups is 1. The second-order valence-corrected chi connectivity index (χ2v) is 9.36. The van der Waals surface area contributed by atoms with Gasteiger partial charge < -0.3 is 39.7 Å². The monoisotopic (exact) mass is 543 g/mol. The average molecular weight is 544 g/mol. The van der Waals surface area contributed by atoms with Gasteiger partial charge in [-0.2, -0.15) is 0 Å². The molecule has 11 heteroatoms. The van der Waals surface area contributed by atoms with Crippen molar-refractivity contribution in [3.8, 4) is 17.2 Å². The van der Waals surface area contributed by atoms with Gasteiger partial charge in [-0.05, 0) is 57.7 Å². The minimum atomic E-state index is -1.09. The number of rotatable bonds is 19. The van der Waals surface area contributed by atoms with Gasteiger partial charge in [0.25, 0.3) is 0 Å². The molecule has 2 aromatic heterocycles. The van der Waals surface area contributed by atoms with E-state index < -0.39 is 12.6 Å². The van der Waals surface area contributed by atoms with Crippen LogP contribution in [0.15, 0.2) is 24.7 Å². The van der Waals surface area contributed by atoms with Gasteiger partial charge in [-0.25, -0.2) is 14.8 Å². The molecule has 214 valence electrons. The number of anilines is 2. The van der Waals surface area contributed by atoms with Crippen LogP contribution in [0.2, 0.25) is 0 Å². The number of nitrogens with zero attached hydrogens (tertiary/aromatic N) is 2. The zero-order valence-corrected chi connectivity index (χ0v) is 23.3. The molecular weight excluding hydrogens is 502 g/mol. The molecule has 3 rings (SSSR count). The minimum absolute atomic E-state index is 0.268. The van der Waals surface area contributed by atoms with Crippen molar-refractivity contribution in [2.75, 3.05) is 52.4 Å². The maximum atomic E-state index is 11.2. The van der Waals surface area contributed by atoms with Gasteiger partial charge in [-0.3, -0.25) is 0 Å². The first-order chi connectivity index (χ1) is 19.0. The van der Waals surface area contributed by atoms with Crippen molar-refractivity contribution < 1.29 is 28.8 Å². The van der Waals surface area contributed by atoms with Crippen molar-refractivity contribution in [3.05, 3.63) is 30.2 Å². The zero-order valence-electron chi connectivity index (χ0n) is 23.3. The van der Waals surface area contributed by atoms with Crippen LogP contribution in [0.1, 0.15) is 45.1 Å². The van der Waals surface area contributed by atoms with E-state index in [1.54, 1.807) is 19.2 Å². The van der Waals surface area contributed by atoms with Crippen LogP contribution in [0, 0.1) is 5.92 Å². The lowest BCUT2D eigenvalue weighted by Crippen LogP contribution is -2.12. The lowest BCUT2D eigenvalue weighted by atomic mass is 9.97. The van der Waals surface area contributed by atoms with E-state index in [-0.39, 0.29) is 12.4 Å². The van der Waals surface area contributed by atoms with Crippen LogP contribution >= 0.6 is 0 Å². The topological polar surface area (TPSA) is 140 Å². The van der Waals surface area contributed by atoms with Gasteiger partial charge in [0.15, 0.2) is 18.1 Å². The van der Waals surface area contributed by atoms with Crippen molar-refractivity contribution in [2.45, 2.75) is 46.0 Å². The van der Waals surface area contributed by atoms with Gasteiger partial charge in [-0.15, -0.1) is 0 Å². The van der Waals surface area contributed by atoms with Crippen LogP contribution in [0.4, 0.5) is 11.5 Å². The normalized spacial score (nSPS) is 11.9. The third-order valence-electron chi connectivity index (χ3n) is 6.38. The molecule has 0 amide bonds. The third kappa shape index (κ3) is 9.00. The Bertz CT molecular complexity index is 1180. The molecule has 0 saturated carbocycles. The highest BCUT2D eigenvalue weighted by molar-refractivity contribution is 5.92. The predicted molar refractivity (Wildman–Crippen MR) is 151 cm³/mol. The molecule has 39 heavy (non-hydrogen) atoms. The number of carboxylic acids is 1. The standard InChI is InChI=1S/C28H41N5O6/c1-5-37-12-13-38-24-15-22(36-4)21(14-23(24)39-17-25(34)35)33-28-26-20(16-30-27(26)31-18-32-28)10-6-8-19(2)9-7-11-29-3/h14-16,18-19,29H,5-13,17H2,1-4H3,(H,34,35)(H2,30,31,32,33). The Labute approximate surface area is 229 Å². The van der Waals surface area contributed by atoms with Crippen LogP contribution in [-0.2, 0) is 16.0 Å². The molecule has 0 fully saturated rings. The molecule has 0 aliphatic heterocycles. The number of H-pyrrole nitrogens is 1. The molecule has 0 bridgehead atoms. The molecule has 0 radical (unpaired) electrons. The van der Waals surface area contributed by atoms with Gasteiger partial charge >= 0.3 is 5.97 Å². The van der Waals surface area contributed by atoms with E-state index in [2.05, 4.69) is 32.5 Å². The van der Waals surface area contributed by atoms with Crippen molar-refractivity contribution in [1.82, 2.24) is 20.3 Å². The summed E-state index contributed by atoms with van der Waals surface area (Å²) in [5, 5.41) is 16.6. The number of carboxylic acid groups (broad SMARTS) is 1. The summed E-state index contributed by atoms with van der Waals surface area (Å²) in [6.45, 7) is 5.98. The van der Waals surface area contributed by atoms with Gasteiger partial charge in [0.2, 0.25) is 0 Å². The molecule has 3 aromatic rings. The van der Waals surface area contributed by atoms with E-state index in [1.807, 2.05) is 20.2 Å². The summed E-state index contributed by atoms with van der Waals surface area (Å²) in [6, 6.07) is 3.32. The molecule has 1 unspecified atom stereocenters. The number of methoxy groups -OCH3 is 1. The first kappa shape index (κ1) is 30.0. The fourth-order valence-corrected chi connectivity index (χ4v) is 4.39. The van der Waals surface area contributed by atoms with Crippen molar-refractivity contribution in [2.24, 2.45) is 5.92 Å². The first-order valence-electron chi connectivity index (χ1n) is 13.5. The smallest absolute Gasteiger partial charge is 0.341 e. The fraction of sp³-hybridized carbons (Fsp3) is 0.536. The summed E-state index contributed by atoms with van der Waals surface area (Å²) in [4.78, 5) is 23.4. The Kier molecular flexibility index (Phi) is 12.1. The van der Waals surface area contributed by atoms with Crippen LogP contribution in [0.3, 0.4) is 0 Å². The zero-order chi connectivity index (χ0) is 28.0. The maximum Gasteiger partial charge on any atom is 0.341 e. The van der Waals surface area contributed by atoms with E-state index in [0.29, 0.717) is 42.1 Å². The van der Waals surface area contributed by atoms with Crippen molar-refractivity contribution >= 4 is 28.5 Å². The average Bonchev–Trinajstić information content (AvgIpc) is 3.34. The summed E-state index contributed by atoms with van der Waals surface area (Å²) in [5.74, 6) is 1.31. The number of aromatic nitrogens is 3. The predicted octanol–water partition coefficient (Wildman–Crippen LogP) is 4.55. The van der Waals surface area contributed by atoms with Crippen molar-refractivity contribution in [3.63, 3.8) is 0 Å². The van der Waals surface area contributed by atoms with Crippen LogP contribution in [0.25, 0.3) is 11.0 Å². The molecule has 0 saturated heterocycles. The Hall–Kier alpha value is -3.57. The molecule has 11 nitrogen and oxygen atoms in total. The Morgan fingerprint density at radius 2 is 1.90 bits per heavy atom. The number of hydrogen-bond donors (Lipinski definition) is 4. The summed E-state index contributed by atoms with van der Waals surface area (Å²) in [7, 11) is 3.54. The van der Waals surface area contributed by atoms with Gasteiger partial charge in [-0.1, -0.05) is 13.3 Å². The summed E-state index contributed by atoms with van der Waals surface area (Å²) in [5.41, 5.74) is 2.43. The molecule has 0 spiro atoms. The summed E-state index contributed by atoms with van der Waals surface area (Å²) >= 11 is 0. The van der Waals surface area contributed by atoms with Gasteiger partial charge in [0.05, 0.1) is 24.8 Å². The molecule has 0 aliphatic carbocycles. The molecule has 4 N–H and O–H groups in total. The van der Waals surface area contributed by atoms with E-state index >= 15 is 0 Å². The molecule has 1 aromatic carbocycles. The molecule has 2 heterocycles. The molecule has 1 atom stereocenters. The van der Waals surface area contributed by atoms with Gasteiger partial charge in [0.1, 0.15) is 30.1 Å². The summed E-state index contributed by atoms with van der Waals surface area (Å²) < 4.78 is 22.3. The number of nitrogens with one attached hydrogen (secondary N) is 3. The number of aliphatic carboxylic acids is 1. The highest BCUT2D eigenvalue weighted by Gasteiger charge is 2.18. The number of benzene rings is 1. The Morgan fingerprint density at radius 1 is 1.10 bits per heavy atom. The minimum Gasteiger partial charge on any atom is -0.494 e. The number of aryl methyl sites for hydroxylation is 1.